The number of hydrogen-bond acceptors (Lipinski definition) is 29. The standard InChI is InChI=1S/C16H25NO3S.C15H24N2O2S.C11H24N2O3S.C10H22N2O2S.C9H19NO3S.2C8H19NO3S.7C3H8/c1-14(2)21(19,20)13-12-17-10-8-16(18,9-11-17)15-6-4-3-5-7-15;1-14(2)20(18,19)13-12-16-8-10-17(11-9-16)15-6-4-3-5-7-15;1-11(2)17(14,15)10-4-12-3-5-13-6-8-16-9-7-13;1-10(2)15(13,14)9-8-12-6-4-11(3)5-7-12;1-9(2)14(11,12)8-5-10-3-6-13-7-4-10;1-8(2)13(11,12)7-5-9(3)4-6-10;1-8(2)13(11,12)7-5-9-4-3-6-10;7*1-3-2/h3-7,14,18H,8-13H2,1-2H3;3-7,14H,8-13H2,1-2H3;11-12H,3-10H2,1-2H3;10H,4-9H2,1-3H3;9H,3-8H2,1-2H3;8,10H,4-7H2,1-3H3;8-10H,3-7H2,1-2H3;7*3H2,1-2H3. The van der Waals surface area contributed by atoms with Crippen molar-refractivity contribution in [3.05, 3.63) is 66.2 Å². The summed E-state index contributed by atoms with van der Waals surface area (Å²) >= 11 is 0. The third kappa shape index (κ3) is 79.8. The van der Waals surface area contributed by atoms with Crippen LogP contribution in [0.5, 0.6) is 0 Å². The van der Waals surface area contributed by atoms with Gasteiger partial charge in [-0.15, -0.1) is 0 Å². The maximum atomic E-state index is 11.8. The Morgan fingerprint density at radius 1 is 0.328 bits per heavy atom. The normalized spacial score (nSPS) is 16.0. The van der Waals surface area contributed by atoms with E-state index in [2.05, 4.69) is 173 Å². The number of likely N-dealkylation sites (N-methyl/N-ethyl adjacent to an activating group) is 2. The Labute approximate surface area is 826 Å². The largest absolute Gasteiger partial charge is 0.396 e. The zero-order chi connectivity index (χ0) is 105. The van der Waals surface area contributed by atoms with Crippen molar-refractivity contribution in [1.82, 2.24) is 44.9 Å². The summed E-state index contributed by atoms with van der Waals surface area (Å²) in [6, 6.07) is 20.1. The first-order valence-corrected chi connectivity index (χ1v) is 62.5. The minimum Gasteiger partial charge on any atom is -0.396 e. The lowest BCUT2D eigenvalue weighted by atomic mass is 9.84. The predicted octanol–water partition coefficient (Wildman–Crippen LogP) is 12.8. The number of rotatable bonds is 38. The van der Waals surface area contributed by atoms with Gasteiger partial charge in [0.25, 0.3) is 0 Å². The first kappa shape index (κ1) is 144. The molecule has 5 fully saturated rings. The van der Waals surface area contributed by atoms with E-state index in [1.807, 2.05) is 36.4 Å². The first-order chi connectivity index (χ1) is 62.6. The summed E-state index contributed by atoms with van der Waals surface area (Å²) in [6.07, 6.45) is 10.7. The van der Waals surface area contributed by atoms with E-state index in [0.29, 0.717) is 83.9 Å². The van der Waals surface area contributed by atoms with Gasteiger partial charge in [0, 0.05) is 169 Å². The molecule has 7 rings (SSSR count). The minimum atomic E-state index is -2.98. The van der Waals surface area contributed by atoms with Crippen LogP contribution in [0.15, 0.2) is 60.7 Å². The van der Waals surface area contributed by atoms with Crippen LogP contribution in [0.4, 0.5) is 5.69 Å². The molecular weight excluding hydrogens is 1850 g/mol. The predicted molar refractivity (Wildman–Crippen MR) is 576 cm³/mol. The monoisotopic (exact) mass is 2050 g/mol. The molecule has 36 heteroatoms. The zero-order valence-electron chi connectivity index (χ0n) is 90.6. The van der Waals surface area contributed by atoms with Crippen LogP contribution in [0.3, 0.4) is 0 Å². The number of anilines is 1. The fourth-order valence-electron chi connectivity index (χ4n) is 11.1. The van der Waals surface area contributed by atoms with Gasteiger partial charge < -0.3 is 55.0 Å². The third-order valence-corrected chi connectivity index (χ3v) is 35.9. The molecule has 0 saturated carbocycles. The van der Waals surface area contributed by atoms with Gasteiger partial charge in [-0.1, -0.05) is 190 Å². The molecule has 5 heterocycles. The fourth-order valence-corrected chi connectivity index (χ4v) is 17.9. The molecule has 0 spiro atoms. The van der Waals surface area contributed by atoms with E-state index in [4.69, 9.17) is 19.7 Å². The van der Waals surface area contributed by atoms with Gasteiger partial charge in [0.1, 0.15) is 0 Å². The maximum Gasteiger partial charge on any atom is 0.153 e. The summed E-state index contributed by atoms with van der Waals surface area (Å²) in [5.74, 6) is 1.62. The smallest absolute Gasteiger partial charge is 0.153 e. The van der Waals surface area contributed by atoms with Crippen LogP contribution < -0.4 is 15.5 Å². The lowest BCUT2D eigenvalue weighted by molar-refractivity contribution is -0.0245. The summed E-state index contributed by atoms with van der Waals surface area (Å²) in [4.78, 5) is 17.5. The molecule has 2 aromatic carbocycles. The number of hydrogen-bond donors (Lipinski definition) is 5. The van der Waals surface area contributed by atoms with Crippen LogP contribution >= 0.6 is 0 Å². The van der Waals surface area contributed by atoms with Crippen molar-refractivity contribution in [2.75, 3.05) is 263 Å². The molecule has 0 atom stereocenters. The quantitative estimate of drug-likeness (QED) is 0.0390. The van der Waals surface area contributed by atoms with Crippen molar-refractivity contribution in [3.8, 4) is 0 Å². The van der Waals surface area contributed by atoms with Gasteiger partial charge in [0.2, 0.25) is 0 Å². The Kier molecular flexibility index (Phi) is 93.7. The Morgan fingerprint density at radius 2 is 0.590 bits per heavy atom. The number of likely N-dealkylation sites (tertiary alicyclic amines) is 1. The third-order valence-electron chi connectivity index (χ3n) is 20.6. The topological polar surface area (TPSA) is 368 Å². The van der Waals surface area contributed by atoms with E-state index < -0.39 is 74.5 Å². The number of morpholine rings is 2. The van der Waals surface area contributed by atoms with Crippen LogP contribution in [-0.2, 0) is 83.9 Å². The Balaban J connectivity index is -0.000000272. The summed E-state index contributed by atoms with van der Waals surface area (Å²) in [7, 11) is -16.5. The molecule has 0 aliphatic carbocycles. The molecule has 2 aromatic rings. The number of piperazine rings is 2. The highest BCUT2D eigenvalue weighted by molar-refractivity contribution is 7.93. The molecule has 29 nitrogen and oxygen atoms in total. The lowest BCUT2D eigenvalue weighted by Gasteiger charge is -2.38. The maximum absolute atomic E-state index is 11.8. The van der Waals surface area contributed by atoms with Crippen molar-refractivity contribution < 1.29 is 83.7 Å². The van der Waals surface area contributed by atoms with Gasteiger partial charge >= 0.3 is 0 Å². The first-order valence-electron chi connectivity index (χ1n) is 50.4. The summed E-state index contributed by atoms with van der Waals surface area (Å²) in [5.41, 5.74) is 1.44. The molecule has 5 saturated heterocycles. The zero-order valence-corrected chi connectivity index (χ0v) is 96.3. The number of aliphatic hydroxyl groups is 3. The highest BCUT2D eigenvalue weighted by Gasteiger charge is 2.35. The number of ether oxygens (including phenoxy) is 2. The molecule has 5 aliphatic heterocycles. The second-order valence-electron chi connectivity index (χ2n) is 36.4. The number of piperidine rings is 1. The van der Waals surface area contributed by atoms with Crippen molar-refractivity contribution in [2.24, 2.45) is 0 Å². The average molecular weight is 2060 g/mol. The highest BCUT2D eigenvalue weighted by Crippen LogP contribution is 2.32. The summed E-state index contributed by atoms with van der Waals surface area (Å²) in [6.45, 7) is 77.2. The Morgan fingerprint density at radius 3 is 0.888 bits per heavy atom. The molecule has 0 unspecified atom stereocenters. The number of sulfone groups is 7. The van der Waals surface area contributed by atoms with Gasteiger partial charge in [-0.05, 0) is 155 Å². The Hall–Kier alpha value is -2.67. The molecule has 134 heavy (non-hydrogen) atoms. The minimum absolute atomic E-state index is 0.0677. The number of para-hydroxylation sites is 1. The molecule has 0 aromatic heterocycles. The van der Waals surface area contributed by atoms with Crippen LogP contribution in [0.25, 0.3) is 0 Å². The molecule has 0 radical (unpaired) electrons. The Bertz CT molecular complexity index is 3750. The number of nitrogens with zero attached hydrogens (tertiary/aromatic N) is 8. The van der Waals surface area contributed by atoms with Gasteiger partial charge in [-0.2, -0.15) is 0 Å². The molecular formula is C98H208N10O19S7. The van der Waals surface area contributed by atoms with E-state index in [-0.39, 0.29) is 84.5 Å². The SMILES string of the molecule is CC(C)S(=O)(=O)CCN(C)CCO.CC(C)S(=O)(=O)CCN1CCC(O)(c2ccccc2)CC1.CC(C)S(=O)(=O)CCN1CCN(C)CC1.CC(C)S(=O)(=O)CCN1CCN(c2ccccc2)CC1.CC(C)S(=O)(=O)CCN1CCOCC1.CC(C)S(=O)(=O)CCNCCCO.CC(C)S(=O)(=O)CCNCCN1CCOCC1.CCC.CCC.CCC.CCC.CCC.CCC.CCC. The van der Waals surface area contributed by atoms with E-state index in [0.717, 1.165) is 137 Å². The summed E-state index contributed by atoms with van der Waals surface area (Å²) < 4.78 is 172. The fraction of sp³-hybridized carbons (Fsp3) is 0.878. The number of benzene rings is 2. The molecule has 806 valence electrons. The summed E-state index contributed by atoms with van der Waals surface area (Å²) in [5, 5.41) is 31.9. The van der Waals surface area contributed by atoms with Crippen LogP contribution in [0.1, 0.15) is 264 Å². The van der Waals surface area contributed by atoms with Gasteiger partial charge in [-0.25, -0.2) is 58.9 Å². The molecule has 5 N–H and O–H groups in total. The number of nitrogens with one attached hydrogen (secondary N) is 2. The van der Waals surface area contributed by atoms with Gasteiger partial charge in [0.15, 0.2) is 68.9 Å². The molecule has 5 aliphatic rings. The van der Waals surface area contributed by atoms with E-state index in [9.17, 15) is 64.0 Å². The van der Waals surface area contributed by atoms with Gasteiger partial charge in [-0.3, -0.25) is 19.6 Å². The average Bonchev–Trinajstić information content (AvgIpc) is 0.808. The molecule has 0 amide bonds. The van der Waals surface area contributed by atoms with Crippen LogP contribution in [0, 0.1) is 0 Å². The second-order valence-corrected chi connectivity index (χ2v) is 55.2. The van der Waals surface area contributed by atoms with Crippen molar-refractivity contribution in [2.45, 2.75) is 300 Å². The van der Waals surface area contributed by atoms with E-state index in [1.165, 1.54) is 50.6 Å². The number of aliphatic hydroxyl groups excluding tert-OH is 2. The van der Waals surface area contributed by atoms with E-state index in [1.54, 1.807) is 109 Å². The molecule has 0 bridgehead atoms. The van der Waals surface area contributed by atoms with E-state index >= 15 is 0 Å². The second kappa shape index (κ2) is 87.0. The van der Waals surface area contributed by atoms with Crippen molar-refractivity contribution in [3.63, 3.8) is 0 Å². The lowest BCUT2D eigenvalue weighted by Crippen LogP contribution is -2.47. The van der Waals surface area contributed by atoms with Crippen LogP contribution in [0.2, 0.25) is 0 Å². The van der Waals surface area contributed by atoms with Crippen molar-refractivity contribution >= 4 is 74.5 Å². The van der Waals surface area contributed by atoms with Crippen molar-refractivity contribution in [1.29, 1.82) is 0 Å². The van der Waals surface area contributed by atoms with Gasteiger partial charge in [0.05, 0.1) is 116 Å². The highest BCUT2D eigenvalue weighted by atomic mass is 32.2. The van der Waals surface area contributed by atoms with Crippen LogP contribution in [-0.4, -0.2) is 403 Å².